The van der Waals surface area contributed by atoms with Gasteiger partial charge in [0.15, 0.2) is 10.9 Å². The second-order valence-electron chi connectivity index (χ2n) is 3.37. The maximum Gasteiger partial charge on any atom is 0.169 e. The third kappa shape index (κ3) is 2.73. The molecule has 0 aromatic carbocycles. The van der Waals surface area contributed by atoms with Crippen molar-refractivity contribution in [2.75, 3.05) is 13.2 Å². The maximum absolute atomic E-state index is 5.56. The topological polar surface area (TPSA) is 34.4 Å². The predicted octanol–water partition coefficient (Wildman–Crippen LogP) is 2.72. The van der Waals surface area contributed by atoms with E-state index in [9.17, 15) is 0 Å². The summed E-state index contributed by atoms with van der Waals surface area (Å²) in [5.74, 6) is 1.41. The van der Waals surface area contributed by atoms with E-state index in [1.54, 1.807) is 0 Å². The van der Waals surface area contributed by atoms with Crippen molar-refractivity contribution >= 4 is 28.3 Å². The summed E-state index contributed by atoms with van der Waals surface area (Å²) in [6.45, 7) is 3.92. The van der Waals surface area contributed by atoms with Crippen molar-refractivity contribution in [3.63, 3.8) is 0 Å². The molecule has 0 saturated carbocycles. The smallest absolute Gasteiger partial charge is 0.169 e. The first-order valence-corrected chi connectivity index (χ1v) is 5.15. The Hall–Kier alpha value is -0.0300. The van der Waals surface area contributed by atoms with Gasteiger partial charge >= 0.3 is 0 Å². The zero-order valence-electron chi connectivity index (χ0n) is 7.83. The van der Waals surface area contributed by atoms with E-state index in [0.29, 0.717) is 5.92 Å². The molecule has 1 aliphatic heterocycles. The van der Waals surface area contributed by atoms with Gasteiger partial charge in [-0.2, -0.15) is 0 Å². The molecule has 2 unspecified atom stereocenters. The highest BCUT2D eigenvalue weighted by molar-refractivity contribution is 9.10. The molecule has 1 aromatic rings. The van der Waals surface area contributed by atoms with Gasteiger partial charge in [0, 0.05) is 6.54 Å². The molecule has 1 aliphatic rings. The van der Waals surface area contributed by atoms with Crippen LogP contribution in [0.4, 0.5) is 0 Å². The highest BCUT2D eigenvalue weighted by Crippen LogP contribution is 2.23. The van der Waals surface area contributed by atoms with E-state index < -0.39 is 0 Å². The van der Waals surface area contributed by atoms with Crippen LogP contribution in [0.25, 0.3) is 0 Å². The van der Waals surface area contributed by atoms with Crippen LogP contribution in [0.5, 0.6) is 0 Å². The van der Waals surface area contributed by atoms with Gasteiger partial charge in [-0.05, 0) is 34.0 Å². The highest BCUT2D eigenvalue weighted by atomic mass is 79.9. The van der Waals surface area contributed by atoms with Crippen LogP contribution in [0.15, 0.2) is 21.2 Å². The molecule has 2 rings (SSSR count). The van der Waals surface area contributed by atoms with Crippen molar-refractivity contribution in [3.8, 4) is 0 Å². The van der Waals surface area contributed by atoms with Gasteiger partial charge in [-0.1, -0.05) is 6.92 Å². The molecule has 1 N–H and O–H groups in total. The number of hydrogen-bond acceptors (Lipinski definition) is 3. The van der Waals surface area contributed by atoms with Gasteiger partial charge in [0.1, 0.15) is 5.76 Å². The summed E-state index contributed by atoms with van der Waals surface area (Å²) in [5, 5.41) is 3.26. The molecule has 2 heterocycles. The Kier molecular flexibility index (Phi) is 4.44. The lowest BCUT2D eigenvalue weighted by Gasteiger charge is -2.26. The summed E-state index contributed by atoms with van der Waals surface area (Å²) in [5.41, 5.74) is 0. The molecular weight excluding hydrogens is 269 g/mol. The summed E-state index contributed by atoms with van der Waals surface area (Å²) in [6.07, 6.45) is -0.0810. The molecule has 0 amide bonds. The van der Waals surface area contributed by atoms with Gasteiger partial charge in [0.2, 0.25) is 0 Å². The van der Waals surface area contributed by atoms with E-state index in [-0.39, 0.29) is 18.6 Å². The third-order valence-electron chi connectivity index (χ3n) is 2.05. The Morgan fingerprint density at radius 3 is 2.79 bits per heavy atom. The summed E-state index contributed by atoms with van der Waals surface area (Å²) in [6, 6.07) is 3.79. The Bertz CT molecular complexity index is 284. The van der Waals surface area contributed by atoms with Crippen LogP contribution in [-0.4, -0.2) is 13.2 Å². The monoisotopic (exact) mass is 281 g/mol. The number of rotatable bonds is 1. The second kappa shape index (κ2) is 5.16. The van der Waals surface area contributed by atoms with Crippen molar-refractivity contribution in [1.29, 1.82) is 0 Å². The van der Waals surface area contributed by atoms with Gasteiger partial charge in [-0.25, -0.2) is 0 Å². The summed E-state index contributed by atoms with van der Waals surface area (Å²) < 4.78 is 11.7. The fourth-order valence-corrected chi connectivity index (χ4v) is 1.66. The predicted molar refractivity (Wildman–Crippen MR) is 59.5 cm³/mol. The Balaban J connectivity index is 0.000000980. The van der Waals surface area contributed by atoms with Crippen LogP contribution in [-0.2, 0) is 4.74 Å². The van der Waals surface area contributed by atoms with E-state index in [0.717, 1.165) is 23.6 Å². The molecule has 1 aromatic heterocycles. The maximum atomic E-state index is 5.56. The van der Waals surface area contributed by atoms with Gasteiger partial charge in [-0.3, -0.25) is 5.32 Å². The molecule has 5 heteroatoms. The standard InChI is InChI=1S/C9H12BrNO2.ClH/c1-6-4-11-9(12-5-6)7-2-3-8(10)13-7;/h2-3,6,9,11H,4-5H2,1H3;1H. The van der Waals surface area contributed by atoms with Crippen molar-refractivity contribution < 1.29 is 9.15 Å². The van der Waals surface area contributed by atoms with Crippen LogP contribution < -0.4 is 5.32 Å². The molecule has 3 nitrogen and oxygen atoms in total. The van der Waals surface area contributed by atoms with E-state index in [1.165, 1.54) is 0 Å². The lowest BCUT2D eigenvalue weighted by atomic mass is 10.1. The molecule has 1 fully saturated rings. The van der Waals surface area contributed by atoms with E-state index in [1.807, 2.05) is 12.1 Å². The number of hydrogen-bond donors (Lipinski definition) is 1. The molecule has 14 heavy (non-hydrogen) atoms. The van der Waals surface area contributed by atoms with E-state index in [2.05, 4.69) is 28.2 Å². The van der Waals surface area contributed by atoms with Crippen LogP contribution in [0, 0.1) is 5.92 Å². The first-order valence-electron chi connectivity index (χ1n) is 4.36. The minimum atomic E-state index is -0.0810. The van der Waals surface area contributed by atoms with Crippen LogP contribution in [0.3, 0.4) is 0 Å². The molecule has 1 saturated heterocycles. The number of furan rings is 1. The second-order valence-corrected chi connectivity index (χ2v) is 4.15. The number of halogens is 2. The third-order valence-corrected chi connectivity index (χ3v) is 2.48. The van der Waals surface area contributed by atoms with Gasteiger partial charge in [0.25, 0.3) is 0 Å². The normalized spacial score (nSPS) is 27.0. The van der Waals surface area contributed by atoms with Gasteiger partial charge < -0.3 is 9.15 Å². The zero-order valence-corrected chi connectivity index (χ0v) is 10.2. The number of nitrogens with one attached hydrogen (secondary N) is 1. The first-order chi connectivity index (χ1) is 6.25. The molecule has 0 radical (unpaired) electrons. The SMILES string of the molecule is CC1CNC(c2ccc(Br)o2)OC1.Cl. The molecule has 0 bridgehead atoms. The Labute approximate surface area is 97.7 Å². The lowest BCUT2D eigenvalue weighted by molar-refractivity contribution is -0.0371. The van der Waals surface area contributed by atoms with Gasteiger partial charge in [-0.15, -0.1) is 12.4 Å². The quantitative estimate of drug-likeness (QED) is 0.860. The molecular formula is C9H13BrClNO2. The van der Waals surface area contributed by atoms with Crippen LogP contribution in [0.1, 0.15) is 18.9 Å². The average Bonchev–Trinajstić information content (AvgIpc) is 2.53. The largest absolute Gasteiger partial charge is 0.450 e. The van der Waals surface area contributed by atoms with Crippen LogP contribution in [0.2, 0.25) is 0 Å². The average molecular weight is 283 g/mol. The lowest BCUT2D eigenvalue weighted by Crippen LogP contribution is -2.36. The zero-order chi connectivity index (χ0) is 9.26. The molecule has 80 valence electrons. The summed E-state index contributed by atoms with van der Waals surface area (Å²) >= 11 is 3.26. The summed E-state index contributed by atoms with van der Waals surface area (Å²) in [7, 11) is 0. The molecule has 2 atom stereocenters. The van der Waals surface area contributed by atoms with Crippen molar-refractivity contribution in [2.24, 2.45) is 5.92 Å². The van der Waals surface area contributed by atoms with Crippen molar-refractivity contribution in [3.05, 3.63) is 22.6 Å². The Morgan fingerprint density at radius 2 is 2.29 bits per heavy atom. The molecule has 0 aliphatic carbocycles. The summed E-state index contributed by atoms with van der Waals surface area (Å²) in [4.78, 5) is 0. The fourth-order valence-electron chi connectivity index (χ4n) is 1.34. The minimum absolute atomic E-state index is 0. The van der Waals surface area contributed by atoms with Crippen molar-refractivity contribution in [1.82, 2.24) is 5.32 Å². The van der Waals surface area contributed by atoms with Crippen molar-refractivity contribution in [2.45, 2.75) is 13.2 Å². The molecule has 0 spiro atoms. The highest BCUT2D eigenvalue weighted by Gasteiger charge is 2.21. The van der Waals surface area contributed by atoms with E-state index in [4.69, 9.17) is 9.15 Å². The Morgan fingerprint density at radius 1 is 1.50 bits per heavy atom. The van der Waals surface area contributed by atoms with E-state index >= 15 is 0 Å². The minimum Gasteiger partial charge on any atom is -0.450 e. The van der Waals surface area contributed by atoms with Gasteiger partial charge in [0.05, 0.1) is 6.61 Å². The number of ether oxygens (including phenoxy) is 1. The first kappa shape index (κ1) is 12.0. The van der Waals surface area contributed by atoms with Crippen LogP contribution >= 0.6 is 28.3 Å². The fraction of sp³-hybridized carbons (Fsp3) is 0.556.